The molecule has 112 valence electrons. The summed E-state index contributed by atoms with van der Waals surface area (Å²) in [5.41, 5.74) is 7.26. The molecule has 0 aliphatic rings. The van der Waals surface area contributed by atoms with E-state index < -0.39 is 5.54 Å². The lowest BCUT2D eigenvalue weighted by Gasteiger charge is -2.32. The van der Waals surface area contributed by atoms with Gasteiger partial charge in [-0.25, -0.2) is 0 Å². The van der Waals surface area contributed by atoms with E-state index in [1.165, 1.54) is 5.56 Å². The minimum atomic E-state index is -0.673. The van der Waals surface area contributed by atoms with Crippen LogP contribution in [0.5, 0.6) is 0 Å². The Morgan fingerprint density at radius 1 is 1.35 bits per heavy atom. The molecular formula is C16H27N3O. The monoisotopic (exact) mass is 277 g/mol. The van der Waals surface area contributed by atoms with Crippen LogP contribution in [0.4, 0.5) is 5.69 Å². The van der Waals surface area contributed by atoms with Crippen molar-refractivity contribution in [1.82, 2.24) is 5.32 Å². The second-order valence-corrected chi connectivity index (χ2v) is 6.00. The average molecular weight is 277 g/mol. The minimum absolute atomic E-state index is 0.220. The predicted octanol–water partition coefficient (Wildman–Crippen LogP) is 2.06. The summed E-state index contributed by atoms with van der Waals surface area (Å²) in [5.74, 6) is -0.302. The molecule has 0 radical (unpaired) electrons. The fourth-order valence-electron chi connectivity index (χ4n) is 2.22. The summed E-state index contributed by atoms with van der Waals surface area (Å²) in [6.45, 7) is 8.75. The van der Waals surface area contributed by atoms with Crippen molar-refractivity contribution in [2.24, 2.45) is 5.73 Å². The van der Waals surface area contributed by atoms with Gasteiger partial charge >= 0.3 is 0 Å². The van der Waals surface area contributed by atoms with Gasteiger partial charge in [-0.3, -0.25) is 4.79 Å². The van der Waals surface area contributed by atoms with Gasteiger partial charge in [0.1, 0.15) is 0 Å². The van der Waals surface area contributed by atoms with Crippen LogP contribution in [0.15, 0.2) is 24.3 Å². The SMILES string of the molecule is Cc1ccc(N(C)CCC(C)(NC(C)C)C(N)=O)cc1. The molecule has 0 aliphatic carbocycles. The Hall–Kier alpha value is -1.55. The minimum Gasteiger partial charge on any atom is -0.375 e. The number of carbonyl (C=O) groups excluding carboxylic acids is 1. The maximum Gasteiger partial charge on any atom is 0.237 e. The van der Waals surface area contributed by atoms with E-state index in [1.807, 2.05) is 27.8 Å². The van der Waals surface area contributed by atoms with Crippen LogP contribution in [0.3, 0.4) is 0 Å². The summed E-state index contributed by atoms with van der Waals surface area (Å²) in [7, 11) is 2.03. The molecule has 0 spiro atoms. The highest BCUT2D eigenvalue weighted by atomic mass is 16.1. The molecular weight excluding hydrogens is 250 g/mol. The summed E-state index contributed by atoms with van der Waals surface area (Å²) in [6.07, 6.45) is 0.672. The molecule has 3 N–H and O–H groups in total. The number of nitrogens with two attached hydrogens (primary N) is 1. The van der Waals surface area contributed by atoms with Gasteiger partial charge in [0, 0.05) is 25.3 Å². The number of anilines is 1. The maximum atomic E-state index is 11.7. The average Bonchev–Trinajstić information content (AvgIpc) is 2.36. The molecule has 1 unspecified atom stereocenters. The zero-order chi connectivity index (χ0) is 15.3. The van der Waals surface area contributed by atoms with E-state index in [0.717, 1.165) is 12.2 Å². The van der Waals surface area contributed by atoms with Crippen LogP contribution in [-0.2, 0) is 4.79 Å². The zero-order valence-electron chi connectivity index (χ0n) is 13.2. The molecule has 1 atom stereocenters. The Morgan fingerprint density at radius 2 is 1.90 bits per heavy atom. The van der Waals surface area contributed by atoms with Gasteiger partial charge in [-0.05, 0) is 46.2 Å². The van der Waals surface area contributed by atoms with Crippen LogP contribution in [-0.4, -0.2) is 31.1 Å². The van der Waals surface area contributed by atoms with Crippen LogP contribution in [0.1, 0.15) is 32.8 Å². The highest BCUT2D eigenvalue weighted by Gasteiger charge is 2.31. The van der Waals surface area contributed by atoms with Crippen molar-refractivity contribution in [1.29, 1.82) is 0 Å². The van der Waals surface area contributed by atoms with E-state index in [2.05, 4.69) is 41.4 Å². The number of aryl methyl sites for hydroxylation is 1. The van der Waals surface area contributed by atoms with Crippen molar-refractivity contribution in [2.75, 3.05) is 18.5 Å². The first-order valence-corrected chi connectivity index (χ1v) is 7.10. The third-order valence-corrected chi connectivity index (χ3v) is 3.57. The van der Waals surface area contributed by atoms with Gasteiger partial charge < -0.3 is 16.0 Å². The van der Waals surface area contributed by atoms with E-state index in [-0.39, 0.29) is 11.9 Å². The number of nitrogens with one attached hydrogen (secondary N) is 1. The van der Waals surface area contributed by atoms with Crippen LogP contribution in [0.2, 0.25) is 0 Å². The molecule has 0 aliphatic heterocycles. The number of nitrogens with zero attached hydrogens (tertiary/aromatic N) is 1. The van der Waals surface area contributed by atoms with Crippen molar-refractivity contribution < 1.29 is 4.79 Å². The largest absolute Gasteiger partial charge is 0.375 e. The van der Waals surface area contributed by atoms with Gasteiger partial charge in [0.2, 0.25) is 5.91 Å². The molecule has 20 heavy (non-hydrogen) atoms. The second-order valence-electron chi connectivity index (χ2n) is 6.00. The number of rotatable bonds is 7. The van der Waals surface area contributed by atoms with E-state index >= 15 is 0 Å². The van der Waals surface area contributed by atoms with Gasteiger partial charge in [0.15, 0.2) is 0 Å². The molecule has 0 bridgehead atoms. The van der Waals surface area contributed by atoms with Crippen LogP contribution in [0.25, 0.3) is 0 Å². The highest BCUT2D eigenvalue weighted by molar-refractivity contribution is 5.84. The summed E-state index contributed by atoms with van der Waals surface area (Å²) >= 11 is 0. The Morgan fingerprint density at radius 3 is 2.35 bits per heavy atom. The number of primary amides is 1. The van der Waals surface area contributed by atoms with Crippen LogP contribution in [0, 0.1) is 6.92 Å². The van der Waals surface area contributed by atoms with Gasteiger partial charge in [-0.2, -0.15) is 0 Å². The Bertz CT molecular complexity index is 442. The van der Waals surface area contributed by atoms with E-state index in [1.54, 1.807) is 0 Å². The van der Waals surface area contributed by atoms with E-state index in [9.17, 15) is 4.79 Å². The molecule has 1 amide bonds. The first kappa shape index (κ1) is 16.5. The molecule has 4 heteroatoms. The molecule has 1 rings (SSSR count). The summed E-state index contributed by atoms with van der Waals surface area (Å²) in [5, 5.41) is 3.27. The van der Waals surface area contributed by atoms with Crippen molar-refractivity contribution in [2.45, 2.75) is 45.7 Å². The lowest BCUT2D eigenvalue weighted by Crippen LogP contribution is -2.56. The predicted molar refractivity (Wildman–Crippen MR) is 84.9 cm³/mol. The third-order valence-electron chi connectivity index (χ3n) is 3.57. The molecule has 0 heterocycles. The molecule has 0 aromatic heterocycles. The lowest BCUT2D eigenvalue weighted by atomic mass is 9.95. The number of carbonyl (C=O) groups is 1. The van der Waals surface area contributed by atoms with Gasteiger partial charge in [-0.1, -0.05) is 17.7 Å². The topological polar surface area (TPSA) is 58.4 Å². The summed E-state index contributed by atoms with van der Waals surface area (Å²) in [6, 6.07) is 8.58. The first-order valence-electron chi connectivity index (χ1n) is 7.10. The zero-order valence-corrected chi connectivity index (χ0v) is 13.2. The van der Waals surface area contributed by atoms with Crippen molar-refractivity contribution in [3.05, 3.63) is 29.8 Å². The number of hydrogen-bond acceptors (Lipinski definition) is 3. The molecule has 0 saturated heterocycles. The number of benzene rings is 1. The van der Waals surface area contributed by atoms with Crippen molar-refractivity contribution in [3.63, 3.8) is 0 Å². The highest BCUT2D eigenvalue weighted by Crippen LogP contribution is 2.17. The molecule has 1 aromatic rings. The Balaban J connectivity index is 2.67. The van der Waals surface area contributed by atoms with Crippen LogP contribution >= 0.6 is 0 Å². The summed E-state index contributed by atoms with van der Waals surface area (Å²) in [4.78, 5) is 13.8. The van der Waals surface area contributed by atoms with Gasteiger partial charge in [-0.15, -0.1) is 0 Å². The third kappa shape index (κ3) is 4.53. The Kier molecular flexibility index (Phi) is 5.57. The fraction of sp³-hybridized carbons (Fsp3) is 0.562. The number of hydrogen-bond donors (Lipinski definition) is 2. The van der Waals surface area contributed by atoms with Gasteiger partial charge in [0.25, 0.3) is 0 Å². The smallest absolute Gasteiger partial charge is 0.237 e. The quantitative estimate of drug-likeness (QED) is 0.802. The van der Waals surface area contributed by atoms with E-state index in [0.29, 0.717) is 6.42 Å². The second kappa shape index (κ2) is 6.75. The van der Waals surface area contributed by atoms with Crippen molar-refractivity contribution in [3.8, 4) is 0 Å². The molecule has 0 fully saturated rings. The fourth-order valence-corrected chi connectivity index (χ4v) is 2.22. The normalized spacial score (nSPS) is 14.1. The van der Waals surface area contributed by atoms with E-state index in [4.69, 9.17) is 5.73 Å². The standard InChI is InChI=1S/C16H27N3O/c1-12(2)18-16(4,15(17)20)10-11-19(5)14-8-6-13(3)7-9-14/h6-9,12,18H,10-11H2,1-5H3,(H2,17,20). The molecule has 1 aromatic carbocycles. The lowest BCUT2D eigenvalue weighted by molar-refractivity contribution is -0.124. The van der Waals surface area contributed by atoms with Crippen molar-refractivity contribution >= 4 is 11.6 Å². The molecule has 0 saturated carbocycles. The first-order chi connectivity index (χ1) is 9.24. The Labute approximate surface area is 122 Å². The van der Waals surface area contributed by atoms with Crippen LogP contribution < -0.4 is 16.0 Å². The number of amides is 1. The summed E-state index contributed by atoms with van der Waals surface area (Å²) < 4.78 is 0. The van der Waals surface area contributed by atoms with Gasteiger partial charge in [0.05, 0.1) is 5.54 Å². The molecule has 4 nitrogen and oxygen atoms in total. The maximum absolute atomic E-state index is 11.7.